The summed E-state index contributed by atoms with van der Waals surface area (Å²) in [5.74, 6) is -2.14. The standard InChI is InChI=1S/C16H21NO8S.FH/c1-9-5-6-12(14(7-9)26(21,22)23)17-15(19)8-13(10(2)18)25-16(20)11(3)24-4;/h5-7,11,13H,8H2,1-4H3,(H,17,19)(H,21,22,23);1H. The van der Waals surface area contributed by atoms with Gasteiger partial charge in [0.1, 0.15) is 4.90 Å². The third-order valence-corrected chi connectivity index (χ3v) is 4.35. The molecule has 1 rings (SSSR count). The normalized spacial score (nSPS) is 13.1. The lowest BCUT2D eigenvalue weighted by Gasteiger charge is -2.17. The van der Waals surface area contributed by atoms with Crippen LogP contribution in [0.1, 0.15) is 25.8 Å². The van der Waals surface area contributed by atoms with Gasteiger partial charge in [-0.05, 0) is 38.5 Å². The summed E-state index contributed by atoms with van der Waals surface area (Å²) in [4.78, 5) is 35.0. The van der Waals surface area contributed by atoms with E-state index in [1.54, 1.807) is 6.92 Å². The zero-order chi connectivity index (χ0) is 20.1. The molecule has 1 aromatic rings. The Balaban J connectivity index is 0.00000676. The summed E-state index contributed by atoms with van der Waals surface area (Å²) in [6.45, 7) is 4.19. The highest BCUT2D eigenvalue weighted by molar-refractivity contribution is 7.86. The highest BCUT2D eigenvalue weighted by Crippen LogP contribution is 2.23. The van der Waals surface area contributed by atoms with Gasteiger partial charge in [-0.3, -0.25) is 18.8 Å². The highest BCUT2D eigenvalue weighted by atomic mass is 32.2. The maximum atomic E-state index is 12.1. The molecule has 0 saturated carbocycles. The summed E-state index contributed by atoms with van der Waals surface area (Å²) in [7, 11) is -3.28. The number of halogens is 1. The van der Waals surface area contributed by atoms with E-state index in [-0.39, 0.29) is 10.4 Å². The first kappa shape index (κ1) is 24.6. The Morgan fingerprint density at radius 1 is 1.26 bits per heavy atom. The quantitative estimate of drug-likeness (QED) is 0.485. The minimum Gasteiger partial charge on any atom is -0.452 e. The van der Waals surface area contributed by atoms with E-state index in [2.05, 4.69) is 5.32 Å². The molecule has 0 radical (unpaired) electrons. The number of rotatable bonds is 8. The minimum absolute atomic E-state index is 0. The van der Waals surface area contributed by atoms with Crippen molar-refractivity contribution in [2.24, 2.45) is 0 Å². The van der Waals surface area contributed by atoms with Crippen LogP contribution in [-0.4, -0.2) is 49.9 Å². The van der Waals surface area contributed by atoms with E-state index in [0.717, 1.165) is 6.92 Å². The number of nitrogens with one attached hydrogen (secondary N) is 1. The van der Waals surface area contributed by atoms with Gasteiger partial charge >= 0.3 is 5.97 Å². The molecule has 1 aromatic carbocycles. The molecule has 0 saturated heterocycles. The molecule has 9 nitrogen and oxygen atoms in total. The second kappa shape index (κ2) is 10.1. The number of esters is 1. The number of aryl methyl sites for hydroxylation is 1. The van der Waals surface area contributed by atoms with E-state index < -0.39 is 51.3 Å². The Bertz CT molecular complexity index is 809. The Morgan fingerprint density at radius 2 is 1.85 bits per heavy atom. The van der Waals surface area contributed by atoms with Crippen LogP contribution in [-0.2, 0) is 34.0 Å². The number of benzene rings is 1. The SMILES string of the molecule is COC(C)C(=O)OC(CC(=O)Nc1ccc(C)cc1S(=O)(=O)O)C(C)=O.F. The fourth-order valence-corrected chi connectivity index (χ4v) is 2.65. The first-order valence-electron chi connectivity index (χ1n) is 7.57. The minimum atomic E-state index is -4.56. The van der Waals surface area contributed by atoms with Crippen molar-refractivity contribution >= 4 is 33.5 Å². The number of carbonyl (C=O) groups excluding carboxylic acids is 3. The van der Waals surface area contributed by atoms with Crippen molar-refractivity contribution in [3.8, 4) is 0 Å². The molecule has 0 aliphatic heterocycles. The lowest BCUT2D eigenvalue weighted by molar-refractivity contribution is -0.164. The van der Waals surface area contributed by atoms with Gasteiger partial charge in [-0.2, -0.15) is 8.42 Å². The Hall–Kier alpha value is -2.37. The van der Waals surface area contributed by atoms with Gasteiger partial charge in [-0.25, -0.2) is 4.79 Å². The van der Waals surface area contributed by atoms with Crippen LogP contribution < -0.4 is 5.32 Å². The summed E-state index contributed by atoms with van der Waals surface area (Å²) in [5.41, 5.74) is 0.404. The second-order valence-corrected chi connectivity index (χ2v) is 7.03. The van der Waals surface area contributed by atoms with Crippen molar-refractivity contribution in [2.75, 3.05) is 12.4 Å². The van der Waals surface area contributed by atoms with Gasteiger partial charge in [0.25, 0.3) is 10.1 Å². The predicted molar refractivity (Wildman–Crippen MR) is 93.8 cm³/mol. The molecular weight excluding hydrogens is 385 g/mol. The van der Waals surface area contributed by atoms with Crippen molar-refractivity contribution in [1.29, 1.82) is 0 Å². The topological polar surface area (TPSA) is 136 Å². The van der Waals surface area contributed by atoms with Crippen LogP contribution in [0.3, 0.4) is 0 Å². The van der Waals surface area contributed by atoms with Gasteiger partial charge in [0.2, 0.25) is 5.91 Å². The molecule has 2 atom stereocenters. The third kappa shape index (κ3) is 7.41. The molecule has 11 heteroatoms. The summed E-state index contributed by atoms with van der Waals surface area (Å²) in [5, 5.41) is 2.29. The molecule has 0 bridgehead atoms. The summed E-state index contributed by atoms with van der Waals surface area (Å²) < 4.78 is 41.9. The zero-order valence-electron chi connectivity index (χ0n) is 15.2. The maximum absolute atomic E-state index is 12.1. The fraction of sp³-hybridized carbons (Fsp3) is 0.438. The molecule has 0 aliphatic rings. The number of Topliss-reactive ketones (excluding diaryl/α,β-unsaturated/α-hetero) is 1. The highest BCUT2D eigenvalue weighted by Gasteiger charge is 2.26. The van der Waals surface area contributed by atoms with E-state index in [1.165, 1.54) is 32.2 Å². The lowest BCUT2D eigenvalue weighted by Crippen LogP contribution is -2.34. The number of carbonyl (C=O) groups is 3. The number of amides is 1. The monoisotopic (exact) mass is 407 g/mol. The van der Waals surface area contributed by atoms with E-state index in [4.69, 9.17) is 9.47 Å². The molecule has 0 aliphatic carbocycles. The van der Waals surface area contributed by atoms with Gasteiger partial charge in [-0.15, -0.1) is 0 Å². The van der Waals surface area contributed by atoms with Crippen molar-refractivity contribution in [3.63, 3.8) is 0 Å². The van der Waals surface area contributed by atoms with Crippen LogP contribution in [0.25, 0.3) is 0 Å². The molecule has 0 heterocycles. The Morgan fingerprint density at radius 3 is 2.33 bits per heavy atom. The average Bonchev–Trinajstić information content (AvgIpc) is 2.53. The molecule has 0 fully saturated rings. The molecule has 0 aromatic heterocycles. The van der Waals surface area contributed by atoms with Crippen molar-refractivity contribution in [1.82, 2.24) is 0 Å². The lowest BCUT2D eigenvalue weighted by atomic mass is 10.1. The maximum Gasteiger partial charge on any atom is 0.335 e. The average molecular weight is 407 g/mol. The van der Waals surface area contributed by atoms with E-state index in [9.17, 15) is 27.4 Å². The molecule has 27 heavy (non-hydrogen) atoms. The largest absolute Gasteiger partial charge is 0.452 e. The molecule has 1 amide bonds. The molecule has 2 unspecified atom stereocenters. The van der Waals surface area contributed by atoms with Crippen LogP contribution >= 0.6 is 0 Å². The van der Waals surface area contributed by atoms with Crippen LogP contribution in [0.4, 0.5) is 10.4 Å². The van der Waals surface area contributed by atoms with Gasteiger partial charge in [0.15, 0.2) is 18.0 Å². The van der Waals surface area contributed by atoms with Crippen LogP contribution in [0.5, 0.6) is 0 Å². The van der Waals surface area contributed by atoms with Crippen LogP contribution in [0.2, 0.25) is 0 Å². The third-order valence-electron chi connectivity index (χ3n) is 3.46. The van der Waals surface area contributed by atoms with Crippen molar-refractivity contribution in [2.45, 2.75) is 44.3 Å². The van der Waals surface area contributed by atoms with E-state index in [0.29, 0.717) is 5.56 Å². The first-order chi connectivity index (χ1) is 12.0. The number of methoxy groups -OCH3 is 1. The first-order valence-corrected chi connectivity index (χ1v) is 9.01. The van der Waals surface area contributed by atoms with E-state index in [1.807, 2.05) is 0 Å². The molecule has 2 N–H and O–H groups in total. The Kier molecular flexibility index (Phi) is 9.21. The fourth-order valence-electron chi connectivity index (χ4n) is 1.92. The predicted octanol–water partition coefficient (Wildman–Crippen LogP) is 1.26. The van der Waals surface area contributed by atoms with Gasteiger partial charge in [-0.1, -0.05) is 6.07 Å². The van der Waals surface area contributed by atoms with Gasteiger partial charge in [0.05, 0.1) is 12.1 Å². The molecule has 0 spiro atoms. The zero-order valence-corrected chi connectivity index (χ0v) is 16.0. The second-order valence-electron chi connectivity index (χ2n) is 5.64. The smallest absolute Gasteiger partial charge is 0.335 e. The van der Waals surface area contributed by atoms with Gasteiger partial charge in [0, 0.05) is 7.11 Å². The molecular formula is C16H22FNO8S. The van der Waals surface area contributed by atoms with Crippen LogP contribution in [0, 0.1) is 6.92 Å². The number of ketones is 1. The Labute approximate surface area is 156 Å². The summed E-state index contributed by atoms with van der Waals surface area (Å²) in [6, 6.07) is 4.03. The molecule has 152 valence electrons. The number of hydrogen-bond acceptors (Lipinski definition) is 7. The summed E-state index contributed by atoms with van der Waals surface area (Å²) >= 11 is 0. The van der Waals surface area contributed by atoms with Crippen LogP contribution in [0.15, 0.2) is 23.1 Å². The number of anilines is 1. The van der Waals surface area contributed by atoms with E-state index >= 15 is 0 Å². The number of hydrogen-bond donors (Lipinski definition) is 2. The van der Waals surface area contributed by atoms with Crippen molar-refractivity contribution < 1.29 is 41.5 Å². The number of ether oxygens (including phenoxy) is 2. The van der Waals surface area contributed by atoms with Crippen molar-refractivity contribution in [3.05, 3.63) is 23.8 Å². The summed E-state index contributed by atoms with van der Waals surface area (Å²) in [6.07, 6.45) is -2.78. The van der Waals surface area contributed by atoms with Gasteiger partial charge < -0.3 is 14.8 Å².